The van der Waals surface area contributed by atoms with Crippen LogP contribution in [0, 0.1) is 18.3 Å². The molecule has 23 heavy (non-hydrogen) atoms. The van der Waals surface area contributed by atoms with Gasteiger partial charge in [-0.3, -0.25) is 4.79 Å². The molecule has 2 rings (SSSR count). The molecule has 0 atom stereocenters. The van der Waals surface area contributed by atoms with Gasteiger partial charge in [0.2, 0.25) is 5.78 Å². The van der Waals surface area contributed by atoms with Gasteiger partial charge in [-0.05, 0) is 36.3 Å². The van der Waals surface area contributed by atoms with Crippen LogP contribution in [-0.2, 0) is 0 Å². The maximum Gasteiger partial charge on any atom is 0.203 e. The fraction of sp³-hybridized carbons (Fsp3) is 0.111. The average molecular weight is 328 g/mol. The van der Waals surface area contributed by atoms with E-state index in [1.165, 1.54) is 25.3 Å². The Kier molecular flexibility index (Phi) is 5.05. The molecule has 0 spiro atoms. The Labute approximate surface area is 139 Å². The number of carbonyl (C=O) groups excluding carboxylic acids is 1. The maximum atomic E-state index is 12.5. The van der Waals surface area contributed by atoms with E-state index in [0.29, 0.717) is 11.1 Å². The summed E-state index contributed by atoms with van der Waals surface area (Å²) in [5, 5.41) is 19.1. The number of phenolic OH excluding ortho intramolecular Hbond substituents is 1. The molecule has 0 heterocycles. The first kappa shape index (κ1) is 16.6. The normalized spacial score (nSPS) is 11.0. The number of ether oxygens (including phenoxy) is 1. The van der Waals surface area contributed by atoms with Gasteiger partial charge in [-0.15, -0.1) is 0 Å². The molecule has 116 valence electrons. The van der Waals surface area contributed by atoms with Crippen LogP contribution in [0.5, 0.6) is 11.5 Å². The number of benzene rings is 2. The predicted octanol–water partition coefficient (Wildman–Crippen LogP) is 4.15. The van der Waals surface area contributed by atoms with Gasteiger partial charge in [0.15, 0.2) is 11.5 Å². The van der Waals surface area contributed by atoms with Crippen LogP contribution >= 0.6 is 11.6 Å². The van der Waals surface area contributed by atoms with Crippen LogP contribution in [0.1, 0.15) is 21.5 Å². The van der Waals surface area contributed by atoms with Gasteiger partial charge < -0.3 is 9.84 Å². The standard InChI is InChI=1S/C18H14ClNO3/c1-11-5-3-4-6-14(11)17(21)13(10-20)7-12-8-15(19)18(22)16(9-12)23-2/h3-9,22H,1-2H3/b13-7-. The molecule has 0 unspecified atom stereocenters. The molecule has 0 amide bonds. The molecule has 0 bridgehead atoms. The van der Waals surface area contributed by atoms with Gasteiger partial charge in [-0.1, -0.05) is 35.9 Å². The van der Waals surface area contributed by atoms with E-state index in [-0.39, 0.29) is 27.9 Å². The molecule has 0 aliphatic carbocycles. The van der Waals surface area contributed by atoms with Gasteiger partial charge in [-0.25, -0.2) is 0 Å². The van der Waals surface area contributed by atoms with Crippen molar-refractivity contribution in [2.24, 2.45) is 0 Å². The van der Waals surface area contributed by atoms with Gasteiger partial charge in [0.25, 0.3) is 0 Å². The maximum absolute atomic E-state index is 12.5. The Balaban J connectivity index is 2.48. The number of phenols is 1. The first-order chi connectivity index (χ1) is 11.0. The van der Waals surface area contributed by atoms with Gasteiger partial charge in [0, 0.05) is 5.56 Å². The number of rotatable bonds is 4. The number of Topliss-reactive ketones (excluding diaryl/α,β-unsaturated/α-hetero) is 1. The number of hydrogen-bond donors (Lipinski definition) is 1. The summed E-state index contributed by atoms with van der Waals surface area (Å²) >= 11 is 5.92. The number of nitriles is 1. The number of methoxy groups -OCH3 is 1. The summed E-state index contributed by atoms with van der Waals surface area (Å²) in [7, 11) is 1.39. The molecular weight excluding hydrogens is 314 g/mol. The summed E-state index contributed by atoms with van der Waals surface area (Å²) in [4.78, 5) is 12.5. The second-order valence-corrected chi connectivity index (χ2v) is 5.27. The highest BCUT2D eigenvalue weighted by Crippen LogP contribution is 2.35. The zero-order valence-corrected chi connectivity index (χ0v) is 13.4. The SMILES string of the molecule is COc1cc(/C=C(/C#N)C(=O)c2ccccc2C)cc(Cl)c1O. The van der Waals surface area contributed by atoms with Gasteiger partial charge in [0.05, 0.1) is 12.1 Å². The number of hydrogen-bond acceptors (Lipinski definition) is 4. The number of carbonyl (C=O) groups is 1. The fourth-order valence-electron chi connectivity index (χ4n) is 2.12. The Morgan fingerprint density at radius 2 is 2.04 bits per heavy atom. The van der Waals surface area contributed by atoms with Crippen LogP contribution in [-0.4, -0.2) is 18.0 Å². The van der Waals surface area contributed by atoms with Crippen molar-refractivity contribution in [2.75, 3.05) is 7.11 Å². The Hall–Kier alpha value is -2.77. The topological polar surface area (TPSA) is 70.3 Å². The Morgan fingerprint density at radius 1 is 1.35 bits per heavy atom. The quantitative estimate of drug-likeness (QED) is 0.520. The largest absolute Gasteiger partial charge is 0.503 e. The highest BCUT2D eigenvalue weighted by Gasteiger charge is 2.15. The molecule has 0 saturated heterocycles. The molecule has 2 aromatic rings. The number of allylic oxidation sites excluding steroid dienone is 1. The minimum atomic E-state index is -0.367. The summed E-state index contributed by atoms with van der Waals surface area (Å²) in [5.41, 5.74) is 1.73. The molecule has 0 aliphatic rings. The number of aromatic hydroxyl groups is 1. The molecule has 2 aromatic carbocycles. The molecule has 1 N–H and O–H groups in total. The lowest BCUT2D eigenvalue weighted by Gasteiger charge is -2.07. The van der Waals surface area contributed by atoms with E-state index in [1.54, 1.807) is 12.1 Å². The lowest BCUT2D eigenvalue weighted by molar-refractivity contribution is 0.103. The fourth-order valence-corrected chi connectivity index (χ4v) is 2.34. The zero-order chi connectivity index (χ0) is 17.0. The highest BCUT2D eigenvalue weighted by atomic mass is 35.5. The number of nitrogens with zero attached hydrogens (tertiary/aromatic N) is 1. The smallest absolute Gasteiger partial charge is 0.203 e. The zero-order valence-electron chi connectivity index (χ0n) is 12.6. The number of halogens is 1. The first-order valence-electron chi connectivity index (χ1n) is 6.76. The van der Waals surface area contributed by atoms with E-state index in [9.17, 15) is 15.2 Å². The molecule has 0 fully saturated rings. The van der Waals surface area contributed by atoms with Crippen LogP contribution < -0.4 is 4.74 Å². The summed E-state index contributed by atoms with van der Waals surface area (Å²) in [6.07, 6.45) is 1.42. The van der Waals surface area contributed by atoms with Gasteiger partial charge in [0.1, 0.15) is 11.6 Å². The van der Waals surface area contributed by atoms with E-state index in [0.717, 1.165) is 5.56 Å². The highest BCUT2D eigenvalue weighted by molar-refractivity contribution is 6.32. The average Bonchev–Trinajstić information content (AvgIpc) is 2.55. The lowest BCUT2D eigenvalue weighted by Crippen LogP contribution is -2.04. The summed E-state index contributed by atoms with van der Waals surface area (Å²) in [6.45, 7) is 1.81. The van der Waals surface area contributed by atoms with Gasteiger partial charge >= 0.3 is 0 Å². The van der Waals surface area contributed by atoms with E-state index in [4.69, 9.17) is 16.3 Å². The van der Waals surface area contributed by atoms with Crippen LogP contribution in [0.3, 0.4) is 0 Å². The summed E-state index contributed by atoms with van der Waals surface area (Å²) in [6, 6.07) is 11.9. The lowest BCUT2D eigenvalue weighted by atomic mass is 9.98. The second-order valence-electron chi connectivity index (χ2n) is 4.87. The van der Waals surface area contributed by atoms with Crippen molar-refractivity contribution < 1.29 is 14.6 Å². The minimum absolute atomic E-state index is 0.0249. The van der Waals surface area contributed by atoms with Crippen LogP contribution in [0.4, 0.5) is 0 Å². The van der Waals surface area contributed by atoms with Crippen molar-refractivity contribution in [3.05, 3.63) is 63.7 Å². The number of ketones is 1. The van der Waals surface area contributed by atoms with E-state index in [2.05, 4.69) is 0 Å². The van der Waals surface area contributed by atoms with E-state index >= 15 is 0 Å². The molecule has 5 heteroatoms. The third-order valence-electron chi connectivity index (χ3n) is 3.34. The molecule has 4 nitrogen and oxygen atoms in total. The van der Waals surface area contributed by atoms with Crippen LogP contribution in [0.25, 0.3) is 6.08 Å². The molecule has 0 saturated carbocycles. The summed E-state index contributed by atoms with van der Waals surface area (Å²) < 4.78 is 5.01. The minimum Gasteiger partial charge on any atom is -0.503 e. The Morgan fingerprint density at radius 3 is 2.65 bits per heavy atom. The van der Waals surface area contributed by atoms with Crippen LogP contribution in [0.2, 0.25) is 5.02 Å². The first-order valence-corrected chi connectivity index (χ1v) is 7.14. The predicted molar refractivity (Wildman–Crippen MR) is 88.8 cm³/mol. The van der Waals surface area contributed by atoms with Crippen molar-refractivity contribution in [2.45, 2.75) is 6.92 Å². The van der Waals surface area contributed by atoms with Crippen molar-refractivity contribution >= 4 is 23.5 Å². The molecule has 0 aliphatic heterocycles. The van der Waals surface area contributed by atoms with Crippen molar-refractivity contribution in [1.29, 1.82) is 5.26 Å². The third kappa shape index (κ3) is 3.53. The molecule has 0 radical (unpaired) electrons. The Bertz CT molecular complexity index is 835. The van der Waals surface area contributed by atoms with Crippen molar-refractivity contribution in [3.8, 4) is 17.6 Å². The molecule has 0 aromatic heterocycles. The van der Waals surface area contributed by atoms with E-state index < -0.39 is 0 Å². The number of aryl methyl sites for hydroxylation is 1. The summed E-state index contributed by atoms with van der Waals surface area (Å²) in [5.74, 6) is -0.381. The molecular formula is C18H14ClNO3. The van der Waals surface area contributed by atoms with Gasteiger partial charge in [-0.2, -0.15) is 5.26 Å². The third-order valence-corrected chi connectivity index (χ3v) is 3.62. The van der Waals surface area contributed by atoms with Crippen LogP contribution in [0.15, 0.2) is 42.0 Å². The van der Waals surface area contributed by atoms with Crippen molar-refractivity contribution in [1.82, 2.24) is 0 Å². The second kappa shape index (κ2) is 6.99. The monoisotopic (exact) mass is 327 g/mol. The van der Waals surface area contributed by atoms with E-state index in [1.807, 2.05) is 25.1 Å². The van der Waals surface area contributed by atoms with Crippen molar-refractivity contribution in [3.63, 3.8) is 0 Å².